The van der Waals surface area contributed by atoms with E-state index >= 15 is 0 Å². The van der Waals surface area contributed by atoms with Crippen molar-refractivity contribution >= 4 is 39.5 Å². The zero-order chi connectivity index (χ0) is 22.0. The van der Waals surface area contributed by atoms with Gasteiger partial charge in [0.25, 0.3) is 11.8 Å². The zero-order valence-corrected chi connectivity index (χ0v) is 17.7. The molecule has 9 nitrogen and oxygen atoms in total. The van der Waals surface area contributed by atoms with Crippen LogP contribution in [0.1, 0.15) is 39.1 Å². The average Bonchev–Trinajstić information content (AvgIpc) is 3.28. The summed E-state index contributed by atoms with van der Waals surface area (Å²) < 4.78 is 2.09. The highest BCUT2D eigenvalue weighted by Gasteiger charge is 2.35. The lowest BCUT2D eigenvalue weighted by atomic mass is 10.1. The molecule has 1 N–H and O–H groups in total. The molecule has 0 fully saturated rings. The fourth-order valence-corrected chi connectivity index (χ4v) is 3.62. The molecule has 0 saturated heterocycles. The van der Waals surface area contributed by atoms with Gasteiger partial charge in [-0.2, -0.15) is 15.0 Å². The van der Waals surface area contributed by atoms with Crippen LogP contribution in [0.2, 0.25) is 0 Å². The molecule has 1 aliphatic heterocycles. The predicted molar refractivity (Wildman–Crippen MR) is 113 cm³/mol. The van der Waals surface area contributed by atoms with Crippen molar-refractivity contribution in [2.45, 2.75) is 12.8 Å². The number of imide groups is 1. The highest BCUT2D eigenvalue weighted by molar-refractivity contribution is 9.10. The van der Waals surface area contributed by atoms with Crippen LogP contribution in [0.15, 0.2) is 53.3 Å². The van der Waals surface area contributed by atoms with Crippen molar-refractivity contribution in [1.82, 2.24) is 19.7 Å². The molecule has 0 atom stereocenters. The Morgan fingerprint density at radius 2 is 1.97 bits per heavy atom. The highest BCUT2D eigenvalue weighted by atomic mass is 79.9. The van der Waals surface area contributed by atoms with Gasteiger partial charge in [-0.1, -0.05) is 22.0 Å². The van der Waals surface area contributed by atoms with Crippen LogP contribution in [-0.2, 0) is 4.79 Å². The van der Waals surface area contributed by atoms with Crippen molar-refractivity contribution in [3.05, 3.63) is 70.0 Å². The smallest absolute Gasteiger partial charge is 0.261 e. The van der Waals surface area contributed by atoms with E-state index in [4.69, 9.17) is 0 Å². The second-order valence-electron chi connectivity index (χ2n) is 6.72. The van der Waals surface area contributed by atoms with Gasteiger partial charge in [-0.25, -0.2) is 4.98 Å². The lowest BCUT2D eigenvalue weighted by Crippen LogP contribution is -2.31. The maximum atomic E-state index is 12.5. The maximum absolute atomic E-state index is 12.5. The van der Waals surface area contributed by atoms with Gasteiger partial charge in [-0.3, -0.25) is 19.3 Å². The summed E-state index contributed by atoms with van der Waals surface area (Å²) in [4.78, 5) is 42.8. The quantitative estimate of drug-likeness (QED) is 0.543. The minimum absolute atomic E-state index is 0.0510. The van der Waals surface area contributed by atoms with Gasteiger partial charge in [0.05, 0.1) is 17.3 Å². The Morgan fingerprint density at radius 1 is 1.16 bits per heavy atom. The minimum atomic E-state index is -0.373. The summed E-state index contributed by atoms with van der Waals surface area (Å²) in [7, 11) is 0. The van der Waals surface area contributed by atoms with E-state index in [0.29, 0.717) is 21.4 Å². The number of amides is 3. The van der Waals surface area contributed by atoms with E-state index in [1.807, 2.05) is 6.07 Å². The van der Waals surface area contributed by atoms with Crippen molar-refractivity contribution in [3.8, 4) is 11.9 Å². The highest BCUT2D eigenvalue weighted by Crippen LogP contribution is 2.26. The van der Waals surface area contributed by atoms with Gasteiger partial charge in [0.15, 0.2) is 11.6 Å². The third kappa shape index (κ3) is 3.95. The van der Waals surface area contributed by atoms with Crippen LogP contribution in [0.3, 0.4) is 0 Å². The molecular weight excluding hydrogens is 464 g/mol. The summed E-state index contributed by atoms with van der Waals surface area (Å²) in [5.41, 5.74) is 0.905. The topological polar surface area (TPSA) is 121 Å². The zero-order valence-electron chi connectivity index (χ0n) is 16.1. The Hall–Kier alpha value is -3.84. The first kappa shape index (κ1) is 20.4. The van der Waals surface area contributed by atoms with E-state index in [1.54, 1.807) is 42.6 Å². The monoisotopic (exact) mass is 478 g/mol. The number of aromatic nitrogens is 3. The van der Waals surface area contributed by atoms with E-state index < -0.39 is 0 Å². The summed E-state index contributed by atoms with van der Waals surface area (Å²) in [6.45, 7) is 0.113. The van der Waals surface area contributed by atoms with Crippen LogP contribution in [0.5, 0.6) is 0 Å². The molecule has 154 valence electrons. The summed E-state index contributed by atoms with van der Waals surface area (Å²) in [6, 6.07) is 12.1. The van der Waals surface area contributed by atoms with Crippen molar-refractivity contribution in [2.24, 2.45) is 0 Å². The number of hydrogen-bond donors (Lipinski definition) is 1. The van der Waals surface area contributed by atoms with E-state index in [0.717, 1.165) is 4.90 Å². The standard InChI is InChI=1S/C21H15BrN6O3/c22-14-6-7-15-16(10-14)21(31)27(20(15)30)9-3-5-18(29)26-19-13(11-23)12-25-28(19)17-4-1-2-8-24-17/h1-2,4,6-8,10,12H,3,5,9H2,(H,26,29). The third-order valence-corrected chi connectivity index (χ3v) is 5.23. The first-order valence-corrected chi connectivity index (χ1v) is 10.1. The fraction of sp³-hybridized carbons (Fsp3) is 0.143. The Balaban J connectivity index is 1.40. The molecule has 10 heteroatoms. The van der Waals surface area contributed by atoms with Crippen molar-refractivity contribution in [2.75, 3.05) is 11.9 Å². The molecule has 1 aromatic carbocycles. The summed E-state index contributed by atoms with van der Waals surface area (Å²) >= 11 is 3.30. The molecule has 2 aromatic heterocycles. The SMILES string of the molecule is N#Cc1cnn(-c2ccccn2)c1NC(=O)CCCN1C(=O)c2ccc(Br)cc2C1=O. The molecule has 1 aliphatic rings. The van der Waals surface area contributed by atoms with Gasteiger partial charge in [0, 0.05) is 23.6 Å². The van der Waals surface area contributed by atoms with Gasteiger partial charge >= 0.3 is 0 Å². The second kappa shape index (κ2) is 8.49. The minimum Gasteiger partial charge on any atom is -0.309 e. The van der Waals surface area contributed by atoms with Gasteiger partial charge in [-0.05, 0) is 36.8 Å². The van der Waals surface area contributed by atoms with Crippen LogP contribution < -0.4 is 5.32 Å². The average molecular weight is 479 g/mol. The van der Waals surface area contributed by atoms with Crippen molar-refractivity contribution < 1.29 is 14.4 Å². The normalized spacial score (nSPS) is 12.6. The number of rotatable bonds is 6. The molecule has 31 heavy (non-hydrogen) atoms. The molecule has 0 saturated carbocycles. The third-order valence-electron chi connectivity index (χ3n) is 4.73. The first-order chi connectivity index (χ1) is 15.0. The molecular formula is C21H15BrN6O3. The molecule has 0 spiro atoms. The number of carbonyl (C=O) groups excluding carboxylic acids is 3. The summed E-state index contributed by atoms with van der Waals surface area (Å²) in [5, 5.41) is 16.1. The van der Waals surface area contributed by atoms with E-state index in [1.165, 1.54) is 10.9 Å². The van der Waals surface area contributed by atoms with E-state index in [9.17, 15) is 19.6 Å². The molecule has 3 amide bonds. The Morgan fingerprint density at radius 3 is 2.71 bits per heavy atom. The Kier molecular flexibility index (Phi) is 5.60. The number of nitrogens with zero attached hydrogens (tertiary/aromatic N) is 5. The largest absolute Gasteiger partial charge is 0.309 e. The number of carbonyl (C=O) groups is 3. The molecule has 0 bridgehead atoms. The maximum Gasteiger partial charge on any atom is 0.261 e. The number of fused-ring (bicyclic) bond motifs is 1. The number of benzene rings is 1. The van der Waals surface area contributed by atoms with Crippen LogP contribution in [0, 0.1) is 11.3 Å². The van der Waals surface area contributed by atoms with Crippen LogP contribution in [0.4, 0.5) is 5.82 Å². The van der Waals surface area contributed by atoms with Gasteiger partial charge in [0.1, 0.15) is 11.6 Å². The Bertz CT molecular complexity index is 1230. The van der Waals surface area contributed by atoms with Crippen LogP contribution in [0.25, 0.3) is 5.82 Å². The predicted octanol–water partition coefficient (Wildman–Crippen LogP) is 2.92. The second-order valence-corrected chi connectivity index (χ2v) is 7.64. The Labute approximate surface area is 185 Å². The molecule has 3 aromatic rings. The number of nitriles is 1. The van der Waals surface area contributed by atoms with Gasteiger partial charge in [0.2, 0.25) is 5.91 Å². The van der Waals surface area contributed by atoms with Gasteiger partial charge < -0.3 is 5.32 Å². The number of hydrogen-bond acceptors (Lipinski definition) is 6. The van der Waals surface area contributed by atoms with Gasteiger partial charge in [-0.15, -0.1) is 0 Å². The fourth-order valence-electron chi connectivity index (χ4n) is 3.26. The van der Waals surface area contributed by atoms with E-state index in [-0.39, 0.29) is 48.5 Å². The molecule has 0 radical (unpaired) electrons. The molecule has 4 rings (SSSR count). The van der Waals surface area contributed by atoms with E-state index in [2.05, 4.69) is 31.3 Å². The van der Waals surface area contributed by atoms with Crippen molar-refractivity contribution in [3.63, 3.8) is 0 Å². The number of nitrogens with one attached hydrogen (secondary N) is 1. The van der Waals surface area contributed by atoms with Crippen molar-refractivity contribution in [1.29, 1.82) is 5.26 Å². The molecule has 0 aliphatic carbocycles. The lowest BCUT2D eigenvalue weighted by Gasteiger charge is -2.13. The van der Waals surface area contributed by atoms with Crippen LogP contribution in [-0.4, -0.2) is 43.9 Å². The number of anilines is 1. The number of pyridine rings is 1. The first-order valence-electron chi connectivity index (χ1n) is 9.34. The van der Waals surface area contributed by atoms with Crippen LogP contribution >= 0.6 is 15.9 Å². The molecule has 3 heterocycles. The lowest BCUT2D eigenvalue weighted by molar-refractivity contribution is -0.116. The summed E-state index contributed by atoms with van der Waals surface area (Å²) in [6.07, 6.45) is 3.25. The molecule has 0 unspecified atom stereocenters. The summed E-state index contributed by atoms with van der Waals surface area (Å²) in [5.74, 6) is -0.434. The number of halogens is 1.